The van der Waals surface area contributed by atoms with E-state index in [0.29, 0.717) is 5.56 Å². The van der Waals surface area contributed by atoms with E-state index in [0.717, 1.165) is 0 Å². The standard InChI is InChI=1S/C20H25FN2O5S/c1-13(12-27-3)23-29(25,26)17-8-5-15(6-9-17)20(24)22-14(2)16-7-10-19(28-4)18(21)11-16/h5-11,13-14,23H,12H2,1-4H3,(H,22,24)/t13-,14-/m1/s1. The molecule has 0 spiro atoms. The minimum Gasteiger partial charge on any atom is -0.494 e. The largest absolute Gasteiger partial charge is 0.494 e. The maximum Gasteiger partial charge on any atom is 0.251 e. The minimum absolute atomic E-state index is 0.0438. The smallest absolute Gasteiger partial charge is 0.251 e. The Balaban J connectivity index is 2.07. The molecule has 2 aromatic carbocycles. The molecular weight excluding hydrogens is 399 g/mol. The average Bonchev–Trinajstić information content (AvgIpc) is 2.67. The molecule has 0 aliphatic heterocycles. The fraction of sp³-hybridized carbons (Fsp3) is 0.350. The molecule has 9 heteroatoms. The maximum atomic E-state index is 13.9. The molecule has 0 saturated heterocycles. The quantitative estimate of drug-likeness (QED) is 0.646. The first-order valence-corrected chi connectivity index (χ1v) is 10.4. The van der Waals surface area contributed by atoms with Crippen molar-refractivity contribution in [3.63, 3.8) is 0 Å². The summed E-state index contributed by atoms with van der Waals surface area (Å²) in [6, 6.07) is 9.16. The third-order valence-corrected chi connectivity index (χ3v) is 5.83. The zero-order valence-corrected chi connectivity index (χ0v) is 17.5. The second-order valence-corrected chi connectivity index (χ2v) is 8.31. The van der Waals surface area contributed by atoms with Gasteiger partial charge in [-0.05, 0) is 55.8 Å². The molecule has 2 atom stereocenters. The molecule has 0 saturated carbocycles. The number of amides is 1. The molecule has 0 radical (unpaired) electrons. The van der Waals surface area contributed by atoms with Crippen molar-refractivity contribution >= 4 is 15.9 Å². The summed E-state index contributed by atoms with van der Waals surface area (Å²) in [7, 11) is -0.855. The number of sulfonamides is 1. The molecule has 0 heterocycles. The molecule has 0 aromatic heterocycles. The van der Waals surface area contributed by atoms with E-state index in [9.17, 15) is 17.6 Å². The highest BCUT2D eigenvalue weighted by molar-refractivity contribution is 7.89. The number of rotatable bonds is 9. The highest BCUT2D eigenvalue weighted by Crippen LogP contribution is 2.22. The number of hydrogen-bond acceptors (Lipinski definition) is 5. The second kappa shape index (κ2) is 9.82. The van der Waals surface area contributed by atoms with Crippen LogP contribution < -0.4 is 14.8 Å². The van der Waals surface area contributed by atoms with Crippen molar-refractivity contribution in [1.29, 1.82) is 0 Å². The molecule has 2 N–H and O–H groups in total. The molecule has 0 unspecified atom stereocenters. The van der Waals surface area contributed by atoms with Crippen molar-refractivity contribution in [3.8, 4) is 5.75 Å². The number of ether oxygens (including phenoxy) is 2. The summed E-state index contributed by atoms with van der Waals surface area (Å²) in [6.45, 7) is 3.65. The maximum absolute atomic E-state index is 13.9. The van der Waals surface area contributed by atoms with Crippen molar-refractivity contribution in [2.45, 2.75) is 30.8 Å². The lowest BCUT2D eigenvalue weighted by molar-refractivity contribution is 0.0939. The SMILES string of the molecule is COC[C@@H](C)NS(=O)(=O)c1ccc(C(=O)N[C@H](C)c2ccc(OC)c(F)c2)cc1. The topological polar surface area (TPSA) is 93.7 Å². The summed E-state index contributed by atoms with van der Waals surface area (Å²) >= 11 is 0. The van der Waals surface area contributed by atoms with E-state index in [2.05, 4.69) is 10.0 Å². The van der Waals surface area contributed by atoms with Crippen LogP contribution in [0.1, 0.15) is 35.8 Å². The predicted molar refractivity (Wildman–Crippen MR) is 107 cm³/mol. The van der Waals surface area contributed by atoms with E-state index in [1.54, 1.807) is 19.9 Å². The van der Waals surface area contributed by atoms with Crippen LogP contribution in [0.15, 0.2) is 47.4 Å². The Morgan fingerprint density at radius 3 is 2.31 bits per heavy atom. The van der Waals surface area contributed by atoms with E-state index in [-0.39, 0.29) is 22.8 Å². The lowest BCUT2D eigenvalue weighted by Crippen LogP contribution is -2.35. The number of halogens is 1. The number of methoxy groups -OCH3 is 2. The van der Waals surface area contributed by atoms with Gasteiger partial charge in [0, 0.05) is 18.7 Å². The van der Waals surface area contributed by atoms with E-state index < -0.39 is 33.8 Å². The van der Waals surface area contributed by atoms with Gasteiger partial charge in [-0.2, -0.15) is 0 Å². The normalized spacial score (nSPS) is 13.6. The van der Waals surface area contributed by atoms with Crippen LogP contribution in [0, 0.1) is 5.82 Å². The second-order valence-electron chi connectivity index (χ2n) is 6.59. The molecular formula is C20H25FN2O5S. The van der Waals surface area contributed by atoms with E-state index in [4.69, 9.17) is 9.47 Å². The third-order valence-electron chi connectivity index (χ3n) is 4.22. The lowest BCUT2D eigenvalue weighted by atomic mass is 10.1. The molecule has 2 rings (SSSR count). The van der Waals surface area contributed by atoms with Crippen molar-refractivity contribution in [2.24, 2.45) is 0 Å². The third kappa shape index (κ3) is 5.99. The zero-order chi connectivity index (χ0) is 21.6. The molecule has 0 aliphatic carbocycles. The molecule has 0 aliphatic rings. The summed E-state index contributed by atoms with van der Waals surface area (Å²) in [6.07, 6.45) is 0. The Hall–Kier alpha value is -2.49. The Morgan fingerprint density at radius 1 is 1.10 bits per heavy atom. The zero-order valence-electron chi connectivity index (χ0n) is 16.7. The van der Waals surface area contributed by atoms with Crippen LogP contribution in [0.5, 0.6) is 5.75 Å². The number of nitrogens with one attached hydrogen (secondary N) is 2. The van der Waals surface area contributed by atoms with Gasteiger partial charge in [-0.25, -0.2) is 17.5 Å². The number of benzene rings is 2. The summed E-state index contributed by atoms with van der Waals surface area (Å²) < 4.78 is 50.8. The predicted octanol–water partition coefficient (Wildman–Crippen LogP) is 2.64. The van der Waals surface area contributed by atoms with Gasteiger partial charge in [-0.3, -0.25) is 4.79 Å². The van der Waals surface area contributed by atoms with Crippen LogP contribution in [0.3, 0.4) is 0 Å². The van der Waals surface area contributed by atoms with Crippen LogP contribution in [0.4, 0.5) is 4.39 Å². The number of carbonyl (C=O) groups is 1. The van der Waals surface area contributed by atoms with Gasteiger partial charge in [0.2, 0.25) is 10.0 Å². The van der Waals surface area contributed by atoms with Gasteiger partial charge < -0.3 is 14.8 Å². The first-order chi connectivity index (χ1) is 13.7. The molecule has 158 valence electrons. The summed E-state index contributed by atoms with van der Waals surface area (Å²) in [4.78, 5) is 12.5. The van der Waals surface area contributed by atoms with E-state index in [1.165, 1.54) is 50.6 Å². The highest BCUT2D eigenvalue weighted by atomic mass is 32.2. The van der Waals surface area contributed by atoms with Crippen molar-refractivity contribution in [1.82, 2.24) is 10.0 Å². The number of carbonyl (C=O) groups excluding carboxylic acids is 1. The van der Waals surface area contributed by atoms with Crippen molar-refractivity contribution in [2.75, 3.05) is 20.8 Å². The monoisotopic (exact) mass is 424 g/mol. The minimum atomic E-state index is -3.72. The average molecular weight is 424 g/mol. The van der Waals surface area contributed by atoms with Crippen LogP contribution in [0.2, 0.25) is 0 Å². The summed E-state index contributed by atoms with van der Waals surface area (Å²) in [5.41, 5.74) is 0.863. The number of hydrogen-bond donors (Lipinski definition) is 2. The van der Waals surface area contributed by atoms with Crippen molar-refractivity contribution in [3.05, 3.63) is 59.4 Å². The van der Waals surface area contributed by atoms with Crippen LogP contribution in [-0.2, 0) is 14.8 Å². The summed E-state index contributed by atoms with van der Waals surface area (Å²) in [5.74, 6) is -0.799. The fourth-order valence-corrected chi connectivity index (χ4v) is 3.95. The Bertz CT molecular complexity index is 948. The van der Waals surface area contributed by atoms with Gasteiger partial charge in [0.05, 0.1) is 24.7 Å². The van der Waals surface area contributed by atoms with Gasteiger partial charge in [0.1, 0.15) is 0 Å². The first kappa shape index (κ1) is 22.8. The van der Waals surface area contributed by atoms with Crippen LogP contribution in [0.25, 0.3) is 0 Å². The highest BCUT2D eigenvalue weighted by Gasteiger charge is 2.19. The van der Waals surface area contributed by atoms with Gasteiger partial charge in [0.25, 0.3) is 5.91 Å². The molecule has 1 amide bonds. The Labute approximate surface area is 170 Å². The van der Waals surface area contributed by atoms with Crippen molar-refractivity contribution < 1.29 is 27.1 Å². The Kier molecular flexibility index (Phi) is 7.72. The molecule has 0 bridgehead atoms. The van der Waals surface area contributed by atoms with Gasteiger partial charge in [-0.15, -0.1) is 0 Å². The summed E-state index contributed by atoms with van der Waals surface area (Å²) in [5, 5.41) is 2.76. The fourth-order valence-electron chi connectivity index (χ4n) is 2.72. The molecule has 7 nitrogen and oxygen atoms in total. The van der Waals surface area contributed by atoms with E-state index >= 15 is 0 Å². The Morgan fingerprint density at radius 2 is 1.76 bits per heavy atom. The first-order valence-electron chi connectivity index (χ1n) is 8.93. The van der Waals surface area contributed by atoms with Gasteiger partial charge >= 0.3 is 0 Å². The van der Waals surface area contributed by atoms with E-state index in [1.807, 2.05) is 0 Å². The van der Waals surface area contributed by atoms with Gasteiger partial charge in [-0.1, -0.05) is 6.07 Å². The molecule has 0 fully saturated rings. The lowest BCUT2D eigenvalue weighted by Gasteiger charge is -2.16. The molecule has 29 heavy (non-hydrogen) atoms. The van der Waals surface area contributed by atoms with Gasteiger partial charge in [0.15, 0.2) is 11.6 Å². The molecule has 2 aromatic rings. The van der Waals surface area contributed by atoms with Crippen LogP contribution in [-0.4, -0.2) is 41.2 Å². The van der Waals surface area contributed by atoms with Crippen LogP contribution >= 0.6 is 0 Å².